The van der Waals surface area contributed by atoms with E-state index in [-0.39, 0.29) is 6.61 Å². The van der Waals surface area contributed by atoms with Gasteiger partial charge in [0.2, 0.25) is 0 Å². The van der Waals surface area contributed by atoms with Gasteiger partial charge < -0.3 is 51.1 Å². The van der Waals surface area contributed by atoms with E-state index in [0.29, 0.717) is 0 Å². The quantitative estimate of drug-likeness (QED) is 0.110. The van der Waals surface area contributed by atoms with Gasteiger partial charge in [-0.25, -0.2) is 9.59 Å². The molecule has 0 aliphatic heterocycles. The summed E-state index contributed by atoms with van der Waals surface area (Å²) < 4.78 is 0. The van der Waals surface area contributed by atoms with Crippen LogP contribution in [0.5, 0.6) is 0 Å². The summed E-state index contributed by atoms with van der Waals surface area (Å²) in [5.41, 5.74) is -5.48. The molecule has 10 N–H and O–H groups in total. The molecule has 0 saturated heterocycles. The molecule has 0 spiro atoms. The van der Waals surface area contributed by atoms with Crippen LogP contribution in [0.2, 0.25) is 0 Å². The van der Waals surface area contributed by atoms with Crippen molar-refractivity contribution in [2.75, 3.05) is 6.61 Å². The topological polar surface area (TPSA) is 305 Å². The minimum atomic E-state index is -2.74. The lowest BCUT2D eigenvalue weighted by Crippen LogP contribution is -2.42. The summed E-state index contributed by atoms with van der Waals surface area (Å²) >= 11 is 0. The van der Waals surface area contributed by atoms with Gasteiger partial charge in [0.15, 0.2) is 11.2 Å². The van der Waals surface area contributed by atoms with Crippen molar-refractivity contribution in [2.45, 2.75) is 75.6 Å². The molecule has 0 aromatic heterocycles. The number of carbonyl (C=O) groups is 6. The first-order chi connectivity index (χ1) is 15.9. The van der Waals surface area contributed by atoms with Gasteiger partial charge in [-0.05, 0) is 6.42 Å². The Labute approximate surface area is 198 Å². The summed E-state index contributed by atoms with van der Waals surface area (Å²) in [6.45, 7) is 2.02. The minimum Gasteiger partial charge on any atom is -0.481 e. The molecule has 1 atom stereocenters. The smallest absolute Gasteiger partial charge is 0.336 e. The predicted octanol–water partition coefficient (Wildman–Crippen LogP) is -1.58. The Hall–Kier alpha value is -3.34. The summed E-state index contributed by atoms with van der Waals surface area (Å²) in [6.07, 6.45) is -0.985. The van der Waals surface area contributed by atoms with E-state index in [1.54, 1.807) is 0 Å². The van der Waals surface area contributed by atoms with Gasteiger partial charge in [0.1, 0.15) is 0 Å². The summed E-state index contributed by atoms with van der Waals surface area (Å²) in [7, 11) is 0. The van der Waals surface area contributed by atoms with E-state index in [0.717, 1.165) is 25.7 Å². The lowest BCUT2D eigenvalue weighted by molar-refractivity contribution is -0.170. The highest BCUT2D eigenvalue weighted by atomic mass is 16.4. The van der Waals surface area contributed by atoms with Crippen LogP contribution in [0, 0.1) is 0 Å². The van der Waals surface area contributed by atoms with Gasteiger partial charge in [-0.15, -0.1) is 0 Å². The lowest BCUT2D eigenvalue weighted by atomic mass is 9.96. The van der Waals surface area contributed by atoms with Gasteiger partial charge in [-0.3, -0.25) is 19.2 Å². The zero-order valence-electron chi connectivity index (χ0n) is 18.9. The molecule has 0 radical (unpaired) electrons. The van der Waals surface area contributed by atoms with Gasteiger partial charge in [0.25, 0.3) is 0 Å². The van der Waals surface area contributed by atoms with Crippen LogP contribution in [0.25, 0.3) is 0 Å². The molecule has 0 bridgehead atoms. The van der Waals surface area contributed by atoms with Crippen LogP contribution in [0.1, 0.15) is 58.3 Å². The Morgan fingerprint density at radius 3 is 1.09 bits per heavy atom. The van der Waals surface area contributed by atoms with Crippen molar-refractivity contribution >= 4 is 35.8 Å². The Kier molecular flexibility index (Phi) is 18.7. The average Bonchev–Trinajstić information content (AvgIpc) is 2.66. The standard InChI is InChI=1S/C7H16O2.2C6H8O7/c1-2-3-4-5-7(9)6-8;2*7-3(8)1-6(13,5(11)12)2-4(9)10/h7-9H,2-6H2,1H3;2*13H,1-2H2,(H,7,8)(H,9,10)(H,11,12). The second-order valence-electron chi connectivity index (χ2n) is 7.29. The highest BCUT2D eigenvalue weighted by Crippen LogP contribution is 2.16. The van der Waals surface area contributed by atoms with Crippen molar-refractivity contribution in [1.82, 2.24) is 0 Å². The summed E-state index contributed by atoms with van der Waals surface area (Å²) in [6, 6.07) is 0. The van der Waals surface area contributed by atoms with Gasteiger partial charge in [-0.1, -0.05) is 26.2 Å². The molecular weight excluding hydrogens is 484 g/mol. The van der Waals surface area contributed by atoms with E-state index >= 15 is 0 Å². The third-order valence-corrected chi connectivity index (χ3v) is 3.92. The Morgan fingerprint density at radius 2 is 0.914 bits per heavy atom. The van der Waals surface area contributed by atoms with Crippen LogP contribution in [-0.2, 0) is 28.8 Å². The monoisotopic (exact) mass is 516 g/mol. The molecule has 0 aromatic carbocycles. The highest BCUT2D eigenvalue weighted by molar-refractivity contribution is 5.88. The van der Waals surface area contributed by atoms with E-state index in [1.165, 1.54) is 0 Å². The second-order valence-corrected chi connectivity index (χ2v) is 7.29. The van der Waals surface area contributed by atoms with Crippen LogP contribution in [0.4, 0.5) is 0 Å². The normalized spacial score (nSPS) is 11.6. The van der Waals surface area contributed by atoms with Gasteiger partial charge in [0, 0.05) is 0 Å². The lowest BCUT2D eigenvalue weighted by Gasteiger charge is -2.18. The Balaban J connectivity index is -0.000000448. The van der Waals surface area contributed by atoms with E-state index in [2.05, 4.69) is 6.92 Å². The molecule has 1 unspecified atom stereocenters. The molecule has 0 rings (SSSR count). The largest absolute Gasteiger partial charge is 0.481 e. The maximum atomic E-state index is 10.3. The third kappa shape index (κ3) is 19.8. The zero-order valence-corrected chi connectivity index (χ0v) is 18.9. The first-order valence-corrected chi connectivity index (χ1v) is 9.94. The number of hydrogen-bond acceptors (Lipinski definition) is 10. The number of carboxylic acids is 6. The van der Waals surface area contributed by atoms with Crippen LogP contribution in [-0.4, -0.2) is 111 Å². The molecule has 35 heavy (non-hydrogen) atoms. The molecule has 16 nitrogen and oxygen atoms in total. The number of hydrogen-bond donors (Lipinski definition) is 10. The van der Waals surface area contributed by atoms with E-state index < -0.39 is 78.8 Å². The van der Waals surface area contributed by atoms with Crippen molar-refractivity contribution in [3.05, 3.63) is 0 Å². The third-order valence-electron chi connectivity index (χ3n) is 3.92. The van der Waals surface area contributed by atoms with Crippen LogP contribution in [0.15, 0.2) is 0 Å². The molecule has 16 heteroatoms. The SMILES string of the molecule is CCCCCC(O)CO.O=C(O)CC(O)(CC(=O)O)C(=O)O.O=C(O)CC(O)(CC(=O)O)C(=O)O. The zero-order chi connectivity index (χ0) is 28.4. The summed E-state index contributed by atoms with van der Waals surface area (Å²) in [5.74, 6) is -10.0. The minimum absolute atomic E-state index is 0.0935. The fourth-order valence-corrected chi connectivity index (χ4v) is 2.15. The summed E-state index contributed by atoms with van der Waals surface area (Å²) in [4.78, 5) is 61.0. The van der Waals surface area contributed by atoms with Crippen molar-refractivity contribution in [1.29, 1.82) is 0 Å². The van der Waals surface area contributed by atoms with Gasteiger partial charge in [-0.2, -0.15) is 0 Å². The van der Waals surface area contributed by atoms with Gasteiger partial charge >= 0.3 is 35.8 Å². The molecule has 0 fully saturated rings. The average molecular weight is 516 g/mol. The van der Waals surface area contributed by atoms with Crippen molar-refractivity contribution in [3.8, 4) is 0 Å². The molecule has 0 aliphatic carbocycles. The van der Waals surface area contributed by atoms with Gasteiger partial charge in [0.05, 0.1) is 38.4 Å². The molecule has 0 saturated carbocycles. The number of carboxylic acid groups (broad SMARTS) is 6. The summed E-state index contributed by atoms with van der Waals surface area (Å²) in [5, 5.41) is 84.8. The molecule has 0 aliphatic rings. The molecule has 0 heterocycles. The van der Waals surface area contributed by atoms with Crippen molar-refractivity contribution in [3.63, 3.8) is 0 Å². The van der Waals surface area contributed by atoms with Crippen molar-refractivity contribution in [2.24, 2.45) is 0 Å². The highest BCUT2D eigenvalue weighted by Gasteiger charge is 2.41. The van der Waals surface area contributed by atoms with Crippen LogP contribution < -0.4 is 0 Å². The maximum absolute atomic E-state index is 10.3. The maximum Gasteiger partial charge on any atom is 0.336 e. The van der Waals surface area contributed by atoms with Crippen molar-refractivity contribution < 1.29 is 79.8 Å². The van der Waals surface area contributed by atoms with E-state index in [1.807, 2.05) is 0 Å². The molecule has 204 valence electrons. The fourth-order valence-electron chi connectivity index (χ4n) is 2.15. The predicted molar refractivity (Wildman–Crippen MR) is 111 cm³/mol. The van der Waals surface area contributed by atoms with E-state index in [4.69, 9.17) is 51.1 Å². The number of aliphatic hydroxyl groups is 4. The second kappa shape index (κ2) is 18.0. The van der Waals surface area contributed by atoms with E-state index in [9.17, 15) is 28.8 Å². The number of aliphatic hydroxyl groups excluding tert-OH is 2. The fraction of sp³-hybridized carbons (Fsp3) is 0.684. The van der Waals surface area contributed by atoms with Crippen LogP contribution in [0.3, 0.4) is 0 Å². The van der Waals surface area contributed by atoms with Crippen LogP contribution >= 0.6 is 0 Å². The number of aliphatic carboxylic acids is 6. The Morgan fingerprint density at radius 1 is 0.629 bits per heavy atom. The number of unbranched alkanes of at least 4 members (excludes halogenated alkanes) is 2. The molecule has 0 aromatic rings. The first-order valence-electron chi connectivity index (χ1n) is 9.94. The Bertz CT molecular complexity index is 632. The molecule has 0 amide bonds. The molecular formula is C19H32O16. The first kappa shape index (κ1) is 36.2. The number of rotatable bonds is 15.